The lowest BCUT2D eigenvalue weighted by molar-refractivity contribution is -0.159. The van der Waals surface area contributed by atoms with Crippen LogP contribution in [0, 0.1) is 28.6 Å². The second kappa shape index (κ2) is 9.83. The van der Waals surface area contributed by atoms with E-state index in [0.29, 0.717) is 37.1 Å². The van der Waals surface area contributed by atoms with E-state index in [2.05, 4.69) is 35.7 Å². The fourth-order valence-electron chi connectivity index (χ4n) is 8.72. The van der Waals surface area contributed by atoms with E-state index >= 15 is 0 Å². The maximum atomic E-state index is 12.4. The number of hydrogen-bond donors (Lipinski definition) is 3. The highest BCUT2D eigenvalue weighted by molar-refractivity contribution is 5.96. The molecule has 8 heteroatoms. The van der Waals surface area contributed by atoms with Crippen molar-refractivity contribution in [3.63, 3.8) is 0 Å². The molecule has 3 saturated carbocycles. The molecule has 4 fully saturated rings. The van der Waals surface area contributed by atoms with Gasteiger partial charge in [-0.2, -0.15) is 0 Å². The van der Waals surface area contributed by atoms with Gasteiger partial charge in [-0.1, -0.05) is 24.6 Å². The van der Waals surface area contributed by atoms with Crippen molar-refractivity contribution in [1.29, 1.82) is 0 Å². The zero-order valence-electron chi connectivity index (χ0n) is 22.6. The number of nitrogens with one attached hydrogen (secondary N) is 2. The molecule has 4 aliphatic carbocycles. The molecular weight excluding hydrogens is 470 g/mol. The quantitative estimate of drug-likeness (QED) is 0.487. The molecule has 0 bridgehead atoms. The van der Waals surface area contributed by atoms with Gasteiger partial charge in [-0.25, -0.2) is 0 Å². The zero-order chi connectivity index (χ0) is 26.4. The predicted molar refractivity (Wildman–Crippen MR) is 140 cm³/mol. The summed E-state index contributed by atoms with van der Waals surface area (Å²) in [4.78, 5) is 42.2. The zero-order valence-corrected chi connectivity index (χ0v) is 22.6. The lowest BCUT2D eigenvalue weighted by Crippen LogP contribution is -2.57. The molecule has 3 N–H and O–H groups in total. The minimum Gasteiger partial charge on any atom is -0.385 e. The Morgan fingerprint density at radius 1 is 1.11 bits per heavy atom. The van der Waals surface area contributed by atoms with E-state index in [9.17, 15) is 19.5 Å². The smallest absolute Gasteiger partial charge is 0.261 e. The largest absolute Gasteiger partial charge is 0.385 e. The fourth-order valence-corrected chi connectivity index (χ4v) is 8.72. The Morgan fingerprint density at radius 3 is 2.68 bits per heavy atom. The van der Waals surface area contributed by atoms with Crippen LogP contribution in [0.25, 0.3) is 0 Å². The summed E-state index contributed by atoms with van der Waals surface area (Å²) in [5.74, 6) is 0.963. The van der Waals surface area contributed by atoms with Crippen molar-refractivity contribution in [3.05, 3.63) is 11.6 Å². The van der Waals surface area contributed by atoms with E-state index in [1.54, 1.807) is 6.92 Å². The number of carbonyl (C=O) groups excluding carboxylic acids is 3. The number of Topliss-reactive ketones (excluding diaryl/α,β-unsaturated/α-hetero) is 1. The second-order valence-electron chi connectivity index (χ2n) is 12.7. The number of oxime groups is 1. The molecule has 1 aliphatic heterocycles. The summed E-state index contributed by atoms with van der Waals surface area (Å²) in [6.45, 7) is 6.58. The third-order valence-corrected chi connectivity index (χ3v) is 11.0. The van der Waals surface area contributed by atoms with Gasteiger partial charge in [-0.15, -0.1) is 0 Å². The highest BCUT2D eigenvalue weighted by Gasteiger charge is 2.65. The molecule has 5 aliphatic rings. The van der Waals surface area contributed by atoms with Crippen molar-refractivity contribution in [3.8, 4) is 0 Å². The van der Waals surface area contributed by atoms with E-state index in [4.69, 9.17) is 4.84 Å². The number of hydrogen-bond acceptors (Lipinski definition) is 6. The lowest BCUT2D eigenvalue weighted by atomic mass is 9.46. The standard InChI is InChI=1S/C29H43N3O5/c1-18(33)29(36)14-11-23-21-8-7-19-16-20(9-12-27(19,2)22(21)10-13-28(23,29)3)32-37-17-25(34)31-24-6-4-5-15-30-26(24)35/h16,21-24,36H,4-15,17H2,1-3H3,(H,30,35)(H,31,34)/t21-,22-,23-,24-,27+,28+,29+/m1/s1. The van der Waals surface area contributed by atoms with Crippen LogP contribution in [0.2, 0.25) is 0 Å². The van der Waals surface area contributed by atoms with Gasteiger partial charge in [0.05, 0.1) is 5.71 Å². The second-order valence-corrected chi connectivity index (χ2v) is 12.7. The number of amides is 2. The Hall–Kier alpha value is -2.22. The first-order chi connectivity index (χ1) is 17.6. The van der Waals surface area contributed by atoms with Gasteiger partial charge < -0.3 is 20.6 Å². The van der Waals surface area contributed by atoms with Crippen molar-refractivity contribution in [2.75, 3.05) is 13.2 Å². The number of rotatable bonds is 5. The minimum atomic E-state index is -1.17. The van der Waals surface area contributed by atoms with Crippen LogP contribution >= 0.6 is 0 Å². The van der Waals surface area contributed by atoms with Crippen molar-refractivity contribution in [2.45, 2.75) is 103 Å². The molecule has 1 heterocycles. The minimum absolute atomic E-state index is 0.0664. The normalized spacial score (nSPS) is 42.4. The number of ketones is 1. The molecule has 0 aromatic rings. The first kappa shape index (κ1) is 26.4. The Balaban J connectivity index is 1.22. The highest BCUT2D eigenvalue weighted by Crippen LogP contribution is 2.67. The number of allylic oxidation sites excluding steroid dienone is 2. The van der Waals surface area contributed by atoms with E-state index in [-0.39, 0.29) is 35.0 Å². The van der Waals surface area contributed by atoms with Crippen molar-refractivity contribution in [1.82, 2.24) is 10.6 Å². The molecule has 0 aromatic heterocycles. The van der Waals surface area contributed by atoms with Crippen LogP contribution in [0.15, 0.2) is 16.8 Å². The van der Waals surface area contributed by atoms with Crippen molar-refractivity contribution >= 4 is 23.3 Å². The molecule has 0 spiro atoms. The molecule has 0 radical (unpaired) electrons. The maximum Gasteiger partial charge on any atom is 0.261 e. The molecule has 2 amide bonds. The van der Waals surface area contributed by atoms with Gasteiger partial charge in [-0.3, -0.25) is 14.4 Å². The number of nitrogens with zero attached hydrogens (tertiary/aromatic N) is 1. The molecule has 1 saturated heterocycles. The van der Waals surface area contributed by atoms with Gasteiger partial charge in [0, 0.05) is 12.0 Å². The molecule has 37 heavy (non-hydrogen) atoms. The summed E-state index contributed by atoms with van der Waals surface area (Å²) in [6, 6.07) is -0.498. The van der Waals surface area contributed by atoms with E-state index in [0.717, 1.165) is 63.5 Å². The molecule has 8 nitrogen and oxygen atoms in total. The Labute approximate surface area is 220 Å². The summed E-state index contributed by atoms with van der Waals surface area (Å²) < 4.78 is 0. The summed E-state index contributed by atoms with van der Waals surface area (Å²) >= 11 is 0. The van der Waals surface area contributed by atoms with E-state index in [1.165, 1.54) is 5.57 Å². The average molecular weight is 514 g/mol. The Kier molecular flexibility index (Phi) is 7.01. The maximum absolute atomic E-state index is 12.4. The molecule has 7 atom stereocenters. The number of carbonyl (C=O) groups is 3. The molecule has 204 valence electrons. The SMILES string of the molecule is CC(=O)[C@@]1(O)CC[C@@H]2[C@@H]3CCC4=CC(=NOCC(=O)N[C@@H]5CCCCNC5=O)CC[C@]4(C)[C@@H]3CC[C@@]21C. The van der Waals surface area contributed by atoms with Crippen molar-refractivity contribution in [2.24, 2.45) is 33.7 Å². The van der Waals surface area contributed by atoms with Crippen molar-refractivity contribution < 1.29 is 24.3 Å². The van der Waals surface area contributed by atoms with Gasteiger partial charge in [0.1, 0.15) is 11.6 Å². The molecule has 5 rings (SSSR count). The Morgan fingerprint density at radius 2 is 1.89 bits per heavy atom. The first-order valence-corrected chi connectivity index (χ1v) is 14.3. The summed E-state index contributed by atoms with van der Waals surface area (Å²) in [5.41, 5.74) is 0.911. The lowest BCUT2D eigenvalue weighted by Gasteiger charge is -2.59. The van der Waals surface area contributed by atoms with E-state index in [1.807, 2.05) is 0 Å². The van der Waals surface area contributed by atoms with Crippen LogP contribution in [0.4, 0.5) is 0 Å². The average Bonchev–Trinajstić information content (AvgIpc) is 2.99. The van der Waals surface area contributed by atoms with Crippen LogP contribution < -0.4 is 10.6 Å². The topological polar surface area (TPSA) is 117 Å². The fraction of sp³-hybridized carbons (Fsp3) is 0.793. The van der Waals surface area contributed by atoms with Gasteiger partial charge in [0.25, 0.3) is 5.91 Å². The number of fused-ring (bicyclic) bond motifs is 5. The van der Waals surface area contributed by atoms with Gasteiger partial charge >= 0.3 is 0 Å². The van der Waals surface area contributed by atoms with Gasteiger partial charge in [-0.05, 0) is 107 Å². The van der Waals surface area contributed by atoms with Gasteiger partial charge in [0.15, 0.2) is 12.4 Å². The molecular formula is C29H43N3O5. The predicted octanol–water partition coefficient (Wildman–Crippen LogP) is 3.43. The monoisotopic (exact) mass is 513 g/mol. The third kappa shape index (κ3) is 4.43. The molecule has 0 unspecified atom stereocenters. The van der Waals surface area contributed by atoms with E-state index < -0.39 is 11.6 Å². The summed E-state index contributed by atoms with van der Waals surface area (Å²) in [6.07, 6.45) is 12.0. The van der Waals surface area contributed by atoms with Crippen LogP contribution in [0.5, 0.6) is 0 Å². The summed E-state index contributed by atoms with van der Waals surface area (Å²) in [7, 11) is 0. The van der Waals surface area contributed by atoms with Gasteiger partial charge in [0.2, 0.25) is 5.91 Å². The first-order valence-electron chi connectivity index (χ1n) is 14.3. The van der Waals surface area contributed by atoms with Crippen LogP contribution in [0.3, 0.4) is 0 Å². The Bertz CT molecular complexity index is 1020. The highest BCUT2D eigenvalue weighted by atomic mass is 16.6. The van der Waals surface area contributed by atoms with Crippen LogP contribution in [-0.4, -0.2) is 53.2 Å². The summed E-state index contributed by atoms with van der Waals surface area (Å²) in [5, 5.41) is 21.2. The molecule has 0 aromatic carbocycles. The van der Waals surface area contributed by atoms with Crippen LogP contribution in [0.1, 0.15) is 91.4 Å². The number of aliphatic hydroxyl groups is 1. The third-order valence-electron chi connectivity index (χ3n) is 11.0. The van der Waals surface area contributed by atoms with Crippen LogP contribution in [-0.2, 0) is 19.2 Å².